The molecule has 1 unspecified atom stereocenters. The molecule has 1 fully saturated rings. The van der Waals surface area contributed by atoms with E-state index >= 15 is 0 Å². The number of urea groups is 1. The van der Waals surface area contributed by atoms with Crippen LogP contribution in [0, 0.1) is 0 Å². The lowest BCUT2D eigenvalue weighted by Gasteiger charge is -2.34. The van der Waals surface area contributed by atoms with Crippen molar-refractivity contribution >= 4 is 23.5 Å². The molecule has 7 heteroatoms. The number of hydrogen-bond acceptors (Lipinski definition) is 3. The standard InChI is InChI=1S/C18H26N4O3/c1-12(2)20-18(25)21-14-8-6-7-13(11-14)17(24)22-10-5-4-9-15(22)16(23)19-3/h6-8,11-12,15H,4-5,9-10H2,1-3H3,(H,19,23)(H2,20,21,25). The van der Waals surface area contributed by atoms with E-state index in [4.69, 9.17) is 0 Å². The van der Waals surface area contributed by atoms with Crippen LogP contribution in [0.2, 0.25) is 0 Å². The number of amides is 4. The van der Waals surface area contributed by atoms with Crippen LogP contribution < -0.4 is 16.0 Å². The number of benzene rings is 1. The Morgan fingerprint density at radius 2 is 1.96 bits per heavy atom. The smallest absolute Gasteiger partial charge is 0.319 e. The maximum atomic E-state index is 12.9. The van der Waals surface area contributed by atoms with Crippen molar-refractivity contribution in [2.75, 3.05) is 18.9 Å². The summed E-state index contributed by atoms with van der Waals surface area (Å²) in [6.07, 6.45) is 2.48. The van der Waals surface area contributed by atoms with Crippen molar-refractivity contribution in [2.24, 2.45) is 0 Å². The SMILES string of the molecule is CNC(=O)C1CCCCN1C(=O)c1cccc(NC(=O)NC(C)C)c1. The molecule has 1 aliphatic rings. The van der Waals surface area contributed by atoms with Gasteiger partial charge in [-0.1, -0.05) is 6.07 Å². The Hall–Kier alpha value is -2.57. The van der Waals surface area contributed by atoms with E-state index in [1.165, 1.54) is 0 Å². The molecule has 7 nitrogen and oxygen atoms in total. The molecule has 25 heavy (non-hydrogen) atoms. The summed E-state index contributed by atoms with van der Waals surface area (Å²) in [5.74, 6) is -0.333. The zero-order valence-electron chi connectivity index (χ0n) is 15.0. The van der Waals surface area contributed by atoms with Crippen LogP contribution in [0.5, 0.6) is 0 Å². The fourth-order valence-electron chi connectivity index (χ4n) is 2.94. The van der Waals surface area contributed by atoms with E-state index in [1.54, 1.807) is 36.2 Å². The van der Waals surface area contributed by atoms with Gasteiger partial charge in [0, 0.05) is 30.9 Å². The number of carbonyl (C=O) groups excluding carboxylic acids is 3. The minimum atomic E-state index is -0.438. The lowest BCUT2D eigenvalue weighted by molar-refractivity contribution is -0.126. The second kappa shape index (κ2) is 8.50. The van der Waals surface area contributed by atoms with Crippen LogP contribution in [0.25, 0.3) is 0 Å². The number of nitrogens with zero attached hydrogens (tertiary/aromatic N) is 1. The van der Waals surface area contributed by atoms with Crippen LogP contribution in [0.1, 0.15) is 43.5 Å². The predicted molar refractivity (Wildman–Crippen MR) is 96.5 cm³/mol. The van der Waals surface area contributed by atoms with Crippen molar-refractivity contribution in [3.8, 4) is 0 Å². The minimum Gasteiger partial charge on any atom is -0.357 e. The second-order valence-corrected chi connectivity index (χ2v) is 6.46. The molecule has 1 saturated heterocycles. The van der Waals surface area contributed by atoms with Crippen molar-refractivity contribution in [1.82, 2.24) is 15.5 Å². The molecule has 1 aliphatic heterocycles. The summed E-state index contributed by atoms with van der Waals surface area (Å²) in [5, 5.41) is 8.08. The Morgan fingerprint density at radius 1 is 1.20 bits per heavy atom. The number of carbonyl (C=O) groups is 3. The summed E-state index contributed by atoms with van der Waals surface area (Å²) in [6.45, 7) is 4.30. The lowest BCUT2D eigenvalue weighted by atomic mass is 10.00. The first-order chi connectivity index (χ1) is 11.9. The third-order valence-corrected chi connectivity index (χ3v) is 4.10. The largest absolute Gasteiger partial charge is 0.357 e. The molecule has 3 N–H and O–H groups in total. The van der Waals surface area contributed by atoms with Crippen LogP contribution in [0.15, 0.2) is 24.3 Å². The monoisotopic (exact) mass is 346 g/mol. The van der Waals surface area contributed by atoms with E-state index < -0.39 is 6.04 Å². The van der Waals surface area contributed by atoms with Crippen molar-refractivity contribution < 1.29 is 14.4 Å². The molecule has 1 aromatic rings. The molecule has 1 atom stereocenters. The van der Waals surface area contributed by atoms with E-state index in [2.05, 4.69) is 16.0 Å². The molecule has 0 saturated carbocycles. The van der Waals surface area contributed by atoms with Gasteiger partial charge in [-0.25, -0.2) is 4.79 Å². The lowest BCUT2D eigenvalue weighted by Crippen LogP contribution is -2.51. The van der Waals surface area contributed by atoms with Gasteiger partial charge in [0.05, 0.1) is 0 Å². The molecule has 0 spiro atoms. The summed E-state index contributed by atoms with van der Waals surface area (Å²) >= 11 is 0. The quantitative estimate of drug-likeness (QED) is 0.778. The molecule has 0 aliphatic carbocycles. The van der Waals surface area contributed by atoms with Crippen molar-refractivity contribution in [3.05, 3.63) is 29.8 Å². The van der Waals surface area contributed by atoms with E-state index in [9.17, 15) is 14.4 Å². The Bertz CT molecular complexity index is 645. The van der Waals surface area contributed by atoms with Gasteiger partial charge < -0.3 is 20.9 Å². The summed E-state index contributed by atoms with van der Waals surface area (Å²) in [6, 6.07) is 6.04. The van der Waals surface area contributed by atoms with Crippen LogP contribution in [0.4, 0.5) is 10.5 Å². The summed E-state index contributed by atoms with van der Waals surface area (Å²) < 4.78 is 0. The summed E-state index contributed by atoms with van der Waals surface area (Å²) in [4.78, 5) is 38.4. The van der Waals surface area contributed by atoms with Gasteiger partial charge in [-0.2, -0.15) is 0 Å². The number of likely N-dealkylation sites (tertiary alicyclic amines) is 1. The molecule has 0 radical (unpaired) electrons. The number of rotatable bonds is 4. The zero-order chi connectivity index (χ0) is 18.4. The van der Waals surface area contributed by atoms with Gasteiger partial charge in [0.1, 0.15) is 6.04 Å². The van der Waals surface area contributed by atoms with Crippen LogP contribution >= 0.6 is 0 Å². The Morgan fingerprint density at radius 3 is 2.64 bits per heavy atom. The average molecular weight is 346 g/mol. The van der Waals surface area contributed by atoms with Gasteiger partial charge in [-0.3, -0.25) is 9.59 Å². The van der Waals surface area contributed by atoms with Gasteiger partial charge in [-0.15, -0.1) is 0 Å². The fourth-order valence-corrected chi connectivity index (χ4v) is 2.94. The van der Waals surface area contributed by atoms with Gasteiger partial charge in [0.15, 0.2) is 0 Å². The normalized spacial score (nSPS) is 17.1. The number of anilines is 1. The Labute approximate surface area is 148 Å². The molecular weight excluding hydrogens is 320 g/mol. The van der Waals surface area contributed by atoms with E-state index in [-0.39, 0.29) is 23.9 Å². The van der Waals surface area contributed by atoms with Gasteiger partial charge in [-0.05, 0) is 51.3 Å². The molecule has 0 bridgehead atoms. The summed E-state index contributed by atoms with van der Waals surface area (Å²) in [7, 11) is 1.58. The van der Waals surface area contributed by atoms with Crippen molar-refractivity contribution in [2.45, 2.75) is 45.2 Å². The van der Waals surface area contributed by atoms with Crippen LogP contribution in [-0.4, -0.2) is 48.4 Å². The topological polar surface area (TPSA) is 90.5 Å². The first kappa shape index (κ1) is 18.8. The van der Waals surface area contributed by atoms with Crippen molar-refractivity contribution in [1.29, 1.82) is 0 Å². The first-order valence-electron chi connectivity index (χ1n) is 8.62. The molecular formula is C18H26N4O3. The van der Waals surface area contributed by atoms with E-state index in [0.29, 0.717) is 24.2 Å². The highest BCUT2D eigenvalue weighted by molar-refractivity contribution is 5.99. The number of likely N-dealkylation sites (N-methyl/N-ethyl adjacent to an activating group) is 1. The molecule has 1 aromatic carbocycles. The summed E-state index contributed by atoms with van der Waals surface area (Å²) in [5.41, 5.74) is 0.996. The first-order valence-corrected chi connectivity index (χ1v) is 8.62. The maximum Gasteiger partial charge on any atom is 0.319 e. The second-order valence-electron chi connectivity index (χ2n) is 6.46. The Balaban J connectivity index is 2.14. The highest BCUT2D eigenvalue weighted by atomic mass is 16.2. The van der Waals surface area contributed by atoms with Crippen LogP contribution in [-0.2, 0) is 4.79 Å². The minimum absolute atomic E-state index is 0.0199. The van der Waals surface area contributed by atoms with Crippen molar-refractivity contribution in [3.63, 3.8) is 0 Å². The number of piperidine rings is 1. The third kappa shape index (κ3) is 4.95. The third-order valence-electron chi connectivity index (χ3n) is 4.10. The molecule has 4 amide bonds. The highest BCUT2D eigenvalue weighted by Gasteiger charge is 2.32. The van der Waals surface area contributed by atoms with E-state index in [0.717, 1.165) is 12.8 Å². The molecule has 136 valence electrons. The molecule has 1 heterocycles. The van der Waals surface area contributed by atoms with Gasteiger partial charge in [0.2, 0.25) is 5.91 Å². The van der Waals surface area contributed by atoms with Gasteiger partial charge in [0.25, 0.3) is 5.91 Å². The Kier molecular flexibility index (Phi) is 6.38. The average Bonchev–Trinajstić information content (AvgIpc) is 2.60. The van der Waals surface area contributed by atoms with Crippen LogP contribution in [0.3, 0.4) is 0 Å². The fraction of sp³-hybridized carbons (Fsp3) is 0.500. The highest BCUT2D eigenvalue weighted by Crippen LogP contribution is 2.21. The molecule has 0 aromatic heterocycles. The number of hydrogen-bond donors (Lipinski definition) is 3. The maximum absolute atomic E-state index is 12.9. The predicted octanol–water partition coefficient (Wildman–Crippen LogP) is 1.96. The number of nitrogens with one attached hydrogen (secondary N) is 3. The molecule has 2 rings (SSSR count). The van der Waals surface area contributed by atoms with E-state index in [1.807, 2.05) is 13.8 Å². The zero-order valence-corrected chi connectivity index (χ0v) is 15.0. The van der Waals surface area contributed by atoms with Gasteiger partial charge >= 0.3 is 6.03 Å².